The Kier molecular flexibility index (Phi) is 6.49. The largest absolute Gasteiger partial charge is 0.373 e. The van der Waals surface area contributed by atoms with Crippen molar-refractivity contribution in [2.75, 3.05) is 32.8 Å². The Morgan fingerprint density at radius 1 is 1.06 bits per heavy atom. The lowest BCUT2D eigenvalue weighted by molar-refractivity contribution is -0.363. The van der Waals surface area contributed by atoms with E-state index < -0.39 is 5.60 Å². The van der Waals surface area contributed by atoms with Crippen LogP contribution in [0.25, 0.3) is 22.0 Å². The number of nitrogens with zero attached hydrogens (tertiary/aromatic N) is 5. The first-order valence-corrected chi connectivity index (χ1v) is 12.0. The summed E-state index contributed by atoms with van der Waals surface area (Å²) >= 11 is 13.1. The van der Waals surface area contributed by atoms with Crippen LogP contribution in [0, 0.1) is 0 Å². The van der Waals surface area contributed by atoms with E-state index in [0.29, 0.717) is 50.3 Å². The molecule has 1 N–H and O–H groups in total. The van der Waals surface area contributed by atoms with Gasteiger partial charge in [-0.05, 0) is 29.3 Å². The number of pyridine rings is 2. The van der Waals surface area contributed by atoms with Gasteiger partial charge in [0.15, 0.2) is 23.7 Å². The molecule has 1 unspecified atom stereocenters. The summed E-state index contributed by atoms with van der Waals surface area (Å²) in [4.78, 5) is 18.9. The summed E-state index contributed by atoms with van der Waals surface area (Å²) in [5.41, 5.74) is 2.65. The van der Waals surface area contributed by atoms with Crippen molar-refractivity contribution in [3.05, 3.63) is 88.2 Å². The van der Waals surface area contributed by atoms with Gasteiger partial charge in [-0.25, -0.2) is 19.6 Å². The van der Waals surface area contributed by atoms with E-state index in [2.05, 4.69) is 9.98 Å². The van der Waals surface area contributed by atoms with Crippen molar-refractivity contribution in [2.45, 2.75) is 5.60 Å². The smallest absolute Gasteiger partial charge is 0.280 e. The van der Waals surface area contributed by atoms with Gasteiger partial charge in [0, 0.05) is 29.8 Å². The van der Waals surface area contributed by atoms with Crippen molar-refractivity contribution in [3.8, 4) is 11.1 Å². The van der Waals surface area contributed by atoms with Crippen molar-refractivity contribution in [1.29, 1.82) is 0 Å². The molecule has 0 amide bonds. The van der Waals surface area contributed by atoms with Gasteiger partial charge in [-0.2, -0.15) is 0 Å². The first kappa shape index (κ1) is 24.3. The zero-order valence-electron chi connectivity index (χ0n) is 20.0. The van der Waals surface area contributed by atoms with Crippen molar-refractivity contribution in [1.82, 2.24) is 9.97 Å². The Morgan fingerprint density at radius 3 is 2.44 bits per heavy atom. The number of fused-ring (bicyclic) bond motifs is 1. The van der Waals surface area contributed by atoms with E-state index in [0.717, 1.165) is 11.1 Å². The third-order valence-corrected chi connectivity index (χ3v) is 7.06. The molecule has 0 fully saturated rings. The predicted molar refractivity (Wildman–Crippen MR) is 144 cm³/mol. The number of aromatic nitrogens is 2. The molecule has 2 aromatic heterocycles. The number of rotatable bonds is 6. The van der Waals surface area contributed by atoms with Gasteiger partial charge in [-0.15, -0.1) is 0 Å². The van der Waals surface area contributed by atoms with Gasteiger partial charge in [0.25, 0.3) is 6.34 Å². The highest BCUT2D eigenvalue weighted by Crippen LogP contribution is 2.42. The van der Waals surface area contributed by atoms with E-state index in [4.69, 9.17) is 33.0 Å². The average molecular weight is 521 g/mol. The minimum atomic E-state index is -1.52. The second kappa shape index (κ2) is 9.59. The van der Waals surface area contributed by atoms with Crippen LogP contribution in [0.5, 0.6) is 0 Å². The van der Waals surface area contributed by atoms with Gasteiger partial charge in [-0.3, -0.25) is 4.84 Å². The van der Waals surface area contributed by atoms with Crippen molar-refractivity contribution in [3.63, 3.8) is 0 Å². The van der Waals surface area contributed by atoms with Gasteiger partial charge in [0.1, 0.15) is 5.15 Å². The zero-order chi connectivity index (χ0) is 25.4. The van der Waals surface area contributed by atoms with Crippen molar-refractivity contribution < 1.29 is 14.5 Å². The molecule has 7 nitrogen and oxygen atoms in total. The SMILES string of the molecule is CON(C)c1nc2ccc(C(O)(C3=[N+](C)C=NC3)c3ccc(Cl)nc3)cc2c(Cl)c1-c1ccccc1. The van der Waals surface area contributed by atoms with E-state index in [1.165, 1.54) is 0 Å². The number of hydrogen-bond acceptors (Lipinski definition) is 6. The fourth-order valence-corrected chi connectivity index (χ4v) is 4.96. The monoisotopic (exact) mass is 520 g/mol. The minimum absolute atomic E-state index is 0.340. The number of anilines is 1. The summed E-state index contributed by atoms with van der Waals surface area (Å²) in [6.45, 7) is 0.340. The topological polar surface area (TPSA) is 73.8 Å². The average Bonchev–Trinajstić information content (AvgIpc) is 3.34. The number of benzene rings is 2. The highest BCUT2D eigenvalue weighted by molar-refractivity contribution is 6.39. The highest BCUT2D eigenvalue weighted by Gasteiger charge is 2.43. The van der Waals surface area contributed by atoms with Crippen LogP contribution in [0.4, 0.5) is 5.82 Å². The lowest BCUT2D eigenvalue weighted by Crippen LogP contribution is -2.41. The van der Waals surface area contributed by atoms with E-state index in [9.17, 15) is 5.11 Å². The molecule has 1 atom stereocenters. The van der Waals surface area contributed by atoms with Crippen LogP contribution in [0.15, 0.2) is 71.9 Å². The second-order valence-corrected chi connectivity index (χ2v) is 9.26. The van der Waals surface area contributed by atoms with Crippen LogP contribution >= 0.6 is 23.2 Å². The third kappa shape index (κ3) is 4.04. The Hall–Kier alpha value is -3.36. The standard InChI is InChI=1S/C27H24Cl2N5O2/c1-33-16-30-15-22(33)27(35,19-10-12-23(28)31-14-19)18-9-11-21-20(13-18)25(29)24(17-7-5-4-6-8-17)26(32-21)34(2)36-3/h4-14,16,35H,15H2,1-3H3/q+1. The first-order chi connectivity index (χ1) is 17.3. The van der Waals surface area contributed by atoms with Crippen LogP contribution in [-0.4, -0.2) is 59.5 Å². The van der Waals surface area contributed by atoms with Gasteiger partial charge < -0.3 is 5.11 Å². The molecule has 3 heterocycles. The zero-order valence-corrected chi connectivity index (χ0v) is 21.5. The number of hydrogen-bond donors (Lipinski definition) is 1. The molecule has 4 aromatic rings. The molecule has 0 spiro atoms. The molecule has 9 heteroatoms. The second-order valence-electron chi connectivity index (χ2n) is 8.50. The Bertz CT molecular complexity index is 1510. The molecule has 2 aromatic carbocycles. The highest BCUT2D eigenvalue weighted by atomic mass is 35.5. The van der Waals surface area contributed by atoms with Crippen LogP contribution in [-0.2, 0) is 10.4 Å². The summed E-state index contributed by atoms with van der Waals surface area (Å²) in [6.07, 6.45) is 3.27. The maximum Gasteiger partial charge on any atom is 0.280 e. The predicted octanol–water partition coefficient (Wildman–Crippen LogP) is 4.96. The molecule has 1 aliphatic heterocycles. The van der Waals surface area contributed by atoms with E-state index >= 15 is 0 Å². The van der Waals surface area contributed by atoms with Crippen LogP contribution in [0.1, 0.15) is 11.1 Å². The summed E-state index contributed by atoms with van der Waals surface area (Å²) in [5, 5.41) is 15.4. The molecule has 0 bridgehead atoms. The molecule has 182 valence electrons. The molecule has 36 heavy (non-hydrogen) atoms. The first-order valence-electron chi connectivity index (χ1n) is 11.2. The van der Waals surface area contributed by atoms with Crippen LogP contribution in [0.3, 0.4) is 0 Å². The molecular formula is C27H24Cl2N5O2+. The van der Waals surface area contributed by atoms with Gasteiger partial charge in [0.05, 0.1) is 24.7 Å². The van der Waals surface area contributed by atoms with E-state index in [1.54, 1.807) is 43.9 Å². The fraction of sp³-hybridized carbons (Fsp3) is 0.185. The maximum absolute atomic E-state index is 12.3. The lowest BCUT2D eigenvalue weighted by Gasteiger charge is -2.28. The normalized spacial score (nSPS) is 14.9. The summed E-state index contributed by atoms with van der Waals surface area (Å²) in [5.74, 6) is 0.587. The number of halogens is 2. The van der Waals surface area contributed by atoms with Crippen LogP contribution in [0.2, 0.25) is 10.2 Å². The minimum Gasteiger partial charge on any atom is -0.373 e. The molecule has 0 saturated heterocycles. The Balaban J connectivity index is 1.78. The van der Waals surface area contributed by atoms with Gasteiger partial charge in [0.2, 0.25) is 0 Å². The Labute approximate surface area is 218 Å². The quantitative estimate of drug-likeness (QED) is 0.221. The molecule has 1 aliphatic rings. The lowest BCUT2D eigenvalue weighted by atomic mass is 9.82. The number of hydroxylamine groups is 1. The molecule has 0 aliphatic carbocycles. The summed E-state index contributed by atoms with van der Waals surface area (Å²) in [7, 11) is 5.22. The van der Waals surface area contributed by atoms with E-state index in [1.807, 2.05) is 60.2 Å². The maximum atomic E-state index is 12.3. The summed E-state index contributed by atoms with van der Waals surface area (Å²) < 4.78 is 1.82. The van der Waals surface area contributed by atoms with Crippen molar-refractivity contribution >= 4 is 52.0 Å². The molecule has 0 radical (unpaired) electrons. The van der Waals surface area contributed by atoms with Gasteiger partial charge in [-0.1, -0.05) is 70.7 Å². The Morgan fingerprint density at radius 2 is 1.81 bits per heavy atom. The summed E-state index contributed by atoms with van der Waals surface area (Å²) in [6, 6.07) is 18.8. The molecule has 5 rings (SSSR count). The molecular weight excluding hydrogens is 497 g/mol. The molecule has 0 saturated carbocycles. The van der Waals surface area contributed by atoms with E-state index in [-0.39, 0.29) is 0 Å². The fourth-order valence-electron chi connectivity index (χ4n) is 4.50. The number of aliphatic hydroxyl groups is 1. The van der Waals surface area contributed by atoms with Gasteiger partial charge >= 0.3 is 0 Å². The third-order valence-electron chi connectivity index (χ3n) is 6.44. The van der Waals surface area contributed by atoms with Crippen LogP contribution < -0.4 is 5.06 Å². The number of aliphatic imine (C=N–C) groups is 1. The van der Waals surface area contributed by atoms with Crippen molar-refractivity contribution in [2.24, 2.45) is 4.99 Å².